The van der Waals surface area contributed by atoms with Gasteiger partial charge < -0.3 is 10.2 Å². The third kappa shape index (κ3) is 4.89. The summed E-state index contributed by atoms with van der Waals surface area (Å²) in [6, 6.07) is 11.6. The van der Waals surface area contributed by atoms with Crippen molar-refractivity contribution in [2.45, 2.75) is 17.6 Å². The highest BCUT2D eigenvalue weighted by Gasteiger charge is 2.33. The highest BCUT2D eigenvalue weighted by atomic mass is 35.5. The number of aryl methyl sites for hydroxylation is 1. The number of sulfonamides is 1. The fourth-order valence-electron chi connectivity index (χ4n) is 4.26. The van der Waals surface area contributed by atoms with E-state index in [1.807, 2.05) is 28.8 Å². The van der Waals surface area contributed by atoms with Crippen LogP contribution in [0.5, 0.6) is 0 Å². The zero-order valence-electron chi connectivity index (χ0n) is 20.3. The number of thiophene rings is 1. The van der Waals surface area contributed by atoms with Gasteiger partial charge in [-0.1, -0.05) is 17.7 Å². The quantitative estimate of drug-likeness (QED) is 0.450. The maximum Gasteiger partial charge on any atom is 0.333 e. The number of urea groups is 1. The van der Waals surface area contributed by atoms with Gasteiger partial charge in [-0.2, -0.15) is 0 Å². The summed E-state index contributed by atoms with van der Waals surface area (Å²) in [4.78, 5) is 46.7. The van der Waals surface area contributed by atoms with E-state index < -0.39 is 22.0 Å². The molecule has 0 saturated carbocycles. The highest BCUT2D eigenvalue weighted by Crippen LogP contribution is 2.30. The van der Waals surface area contributed by atoms with Crippen LogP contribution >= 0.6 is 22.9 Å². The largest absolute Gasteiger partial charge is 0.358 e. The van der Waals surface area contributed by atoms with E-state index in [4.69, 9.17) is 11.6 Å². The number of likely N-dealkylation sites (N-methyl/N-ethyl adjacent to an activating group) is 1. The van der Waals surface area contributed by atoms with Crippen molar-refractivity contribution in [1.29, 1.82) is 0 Å². The minimum absolute atomic E-state index is 0.0540. The standard InChI is InChI=1S/C25H22ClN5O5S2/c1-14-20(26)13-22(37-14)38(35,36)29-25(34)28-17-4-6-18(7-5-17)31-21(32)12-16-11-15(3-8-19(16)24(31)33)23-27-9-10-30(23)2/h3-8,11,13H,9-10,12H2,1-2H3,(H2,28,29,34). The maximum atomic E-state index is 13.2. The fraction of sp³-hybridized carbons (Fsp3) is 0.200. The summed E-state index contributed by atoms with van der Waals surface area (Å²) in [6.45, 7) is 3.20. The molecule has 3 aromatic rings. The number of nitrogens with one attached hydrogen (secondary N) is 2. The van der Waals surface area contributed by atoms with E-state index in [1.165, 1.54) is 30.3 Å². The average molecular weight is 572 g/mol. The highest BCUT2D eigenvalue weighted by molar-refractivity contribution is 7.92. The molecule has 2 aliphatic heterocycles. The number of benzene rings is 2. The molecule has 5 rings (SSSR count). The van der Waals surface area contributed by atoms with Crippen molar-refractivity contribution in [3.8, 4) is 0 Å². The topological polar surface area (TPSA) is 128 Å². The Hall–Kier alpha value is -3.74. The van der Waals surface area contributed by atoms with Crippen molar-refractivity contribution >= 4 is 68.0 Å². The van der Waals surface area contributed by atoms with Crippen molar-refractivity contribution in [2.24, 2.45) is 4.99 Å². The number of anilines is 2. The first kappa shape index (κ1) is 25.9. The first-order valence-corrected chi connectivity index (χ1v) is 14.2. The number of amidine groups is 1. The van der Waals surface area contributed by atoms with Crippen LogP contribution in [-0.2, 0) is 21.2 Å². The minimum Gasteiger partial charge on any atom is -0.358 e. The fourth-order valence-corrected chi connectivity index (χ4v) is 6.85. The Labute approximate surface area is 228 Å². The number of hydrogen-bond acceptors (Lipinski definition) is 8. The van der Waals surface area contributed by atoms with Crippen molar-refractivity contribution in [1.82, 2.24) is 9.62 Å². The summed E-state index contributed by atoms with van der Waals surface area (Å²) in [7, 11) is -2.15. The molecular weight excluding hydrogens is 550 g/mol. The number of imide groups is 1. The van der Waals surface area contributed by atoms with Crippen LogP contribution in [0.25, 0.3) is 0 Å². The van der Waals surface area contributed by atoms with E-state index in [0.717, 1.165) is 34.2 Å². The third-order valence-electron chi connectivity index (χ3n) is 6.16. The minimum atomic E-state index is -4.10. The molecule has 1 aromatic heterocycles. The molecule has 3 heterocycles. The van der Waals surface area contributed by atoms with Gasteiger partial charge in [-0.15, -0.1) is 11.3 Å². The van der Waals surface area contributed by atoms with Gasteiger partial charge in [0.15, 0.2) is 0 Å². The lowest BCUT2D eigenvalue weighted by molar-refractivity contribution is -0.117. The van der Waals surface area contributed by atoms with E-state index >= 15 is 0 Å². The SMILES string of the molecule is Cc1sc(S(=O)(=O)NC(=O)Nc2ccc(N3C(=O)Cc4cc(C5=NCCN5C)ccc4C3=O)cc2)cc1Cl. The number of fused-ring (bicyclic) bond motifs is 1. The van der Waals surface area contributed by atoms with Crippen LogP contribution in [-0.4, -0.2) is 57.1 Å². The predicted octanol–water partition coefficient (Wildman–Crippen LogP) is 3.64. The van der Waals surface area contributed by atoms with Crippen LogP contribution < -0.4 is 14.9 Å². The second-order valence-corrected chi connectivity index (χ2v) is 12.4. The predicted molar refractivity (Wildman–Crippen MR) is 146 cm³/mol. The zero-order chi connectivity index (χ0) is 27.2. The van der Waals surface area contributed by atoms with Crippen molar-refractivity contribution in [3.63, 3.8) is 0 Å². The first-order chi connectivity index (χ1) is 18.0. The van der Waals surface area contributed by atoms with E-state index in [9.17, 15) is 22.8 Å². The molecule has 196 valence electrons. The van der Waals surface area contributed by atoms with Crippen LogP contribution in [0.4, 0.5) is 16.2 Å². The van der Waals surface area contributed by atoms with Crippen LogP contribution in [0.3, 0.4) is 0 Å². The number of rotatable bonds is 5. The molecule has 0 bridgehead atoms. The number of halogens is 1. The summed E-state index contributed by atoms with van der Waals surface area (Å²) in [5.41, 5.74) is 2.55. The van der Waals surface area contributed by atoms with Gasteiger partial charge >= 0.3 is 6.03 Å². The number of amides is 4. The van der Waals surface area contributed by atoms with Gasteiger partial charge in [0.1, 0.15) is 10.0 Å². The molecular formula is C25H22ClN5O5S2. The molecule has 2 N–H and O–H groups in total. The molecule has 0 fully saturated rings. The zero-order valence-corrected chi connectivity index (χ0v) is 22.7. The molecule has 38 heavy (non-hydrogen) atoms. The number of hydrogen-bond donors (Lipinski definition) is 2. The van der Waals surface area contributed by atoms with Crippen LogP contribution in [0.1, 0.15) is 26.4 Å². The molecule has 4 amide bonds. The van der Waals surface area contributed by atoms with Gasteiger partial charge in [-0.05, 0) is 55.0 Å². The molecule has 10 nitrogen and oxygen atoms in total. The molecule has 13 heteroatoms. The van der Waals surface area contributed by atoms with Crippen molar-refractivity contribution in [3.05, 3.63) is 75.1 Å². The normalized spacial score (nSPS) is 15.4. The van der Waals surface area contributed by atoms with Crippen molar-refractivity contribution in [2.75, 3.05) is 30.4 Å². The summed E-state index contributed by atoms with van der Waals surface area (Å²) in [5.74, 6) is 0.0131. The maximum absolute atomic E-state index is 13.2. The Kier molecular flexibility index (Phi) is 6.72. The monoisotopic (exact) mass is 571 g/mol. The smallest absolute Gasteiger partial charge is 0.333 e. The number of aliphatic imine (C=N–C) groups is 1. The van der Waals surface area contributed by atoms with Crippen LogP contribution in [0.2, 0.25) is 5.02 Å². The van der Waals surface area contributed by atoms with Gasteiger partial charge in [0.05, 0.1) is 23.7 Å². The van der Waals surface area contributed by atoms with E-state index in [1.54, 1.807) is 13.0 Å². The van der Waals surface area contributed by atoms with Gasteiger partial charge in [-0.3, -0.25) is 14.6 Å². The number of carbonyl (C=O) groups excluding carboxylic acids is 3. The summed E-state index contributed by atoms with van der Waals surface area (Å²) in [6.07, 6.45) is 0.0540. The summed E-state index contributed by atoms with van der Waals surface area (Å²) >= 11 is 6.88. The molecule has 0 radical (unpaired) electrons. The first-order valence-electron chi connectivity index (χ1n) is 11.5. The summed E-state index contributed by atoms with van der Waals surface area (Å²) < 4.78 is 26.7. The Morgan fingerprint density at radius 3 is 2.47 bits per heavy atom. The molecule has 0 unspecified atom stereocenters. The average Bonchev–Trinajstić information content (AvgIpc) is 3.44. The Morgan fingerprint density at radius 1 is 1.11 bits per heavy atom. The van der Waals surface area contributed by atoms with E-state index in [2.05, 4.69) is 10.3 Å². The van der Waals surface area contributed by atoms with Gasteiger partial charge in [0, 0.05) is 35.3 Å². The van der Waals surface area contributed by atoms with Crippen LogP contribution in [0.15, 0.2) is 57.7 Å². The molecule has 2 aromatic carbocycles. The number of nitrogens with zero attached hydrogens (tertiary/aromatic N) is 3. The van der Waals surface area contributed by atoms with E-state index in [-0.39, 0.29) is 22.2 Å². The molecule has 0 spiro atoms. The third-order valence-corrected chi connectivity index (χ3v) is 9.52. The molecule has 0 aliphatic carbocycles. The van der Waals surface area contributed by atoms with Gasteiger partial charge in [0.25, 0.3) is 15.9 Å². The lowest BCUT2D eigenvalue weighted by Gasteiger charge is -2.27. The second kappa shape index (κ2) is 9.86. The summed E-state index contributed by atoms with van der Waals surface area (Å²) in [5, 5.41) is 2.73. The van der Waals surface area contributed by atoms with Crippen molar-refractivity contribution < 1.29 is 22.8 Å². The Bertz CT molecular complexity index is 1600. The van der Waals surface area contributed by atoms with Gasteiger partial charge in [-0.25, -0.2) is 22.8 Å². The second-order valence-electron chi connectivity index (χ2n) is 8.79. The Morgan fingerprint density at radius 2 is 1.84 bits per heavy atom. The number of carbonyl (C=O) groups is 3. The molecule has 0 saturated heterocycles. The lowest BCUT2D eigenvalue weighted by atomic mass is 9.95. The molecule has 0 atom stereocenters. The lowest BCUT2D eigenvalue weighted by Crippen LogP contribution is -2.42. The van der Waals surface area contributed by atoms with Gasteiger partial charge in [0.2, 0.25) is 5.91 Å². The van der Waals surface area contributed by atoms with E-state index in [0.29, 0.717) is 33.3 Å². The van der Waals surface area contributed by atoms with Crippen LogP contribution in [0, 0.1) is 6.92 Å². The molecule has 2 aliphatic rings. The Balaban J connectivity index is 1.29.